The highest BCUT2D eigenvalue weighted by Crippen LogP contribution is 2.27. The Balaban J connectivity index is 1.54. The lowest BCUT2D eigenvalue weighted by atomic mass is 10.00. The summed E-state index contributed by atoms with van der Waals surface area (Å²) in [5.41, 5.74) is 7.36. The number of nitrogens with one attached hydrogen (secondary N) is 1. The summed E-state index contributed by atoms with van der Waals surface area (Å²) in [6.07, 6.45) is 3.62. The van der Waals surface area contributed by atoms with Crippen LogP contribution in [0.15, 0.2) is 24.3 Å². The molecule has 2 aliphatic rings. The van der Waals surface area contributed by atoms with Gasteiger partial charge in [-0.25, -0.2) is 0 Å². The molecule has 3 rings (SSSR count). The molecule has 1 aromatic rings. The van der Waals surface area contributed by atoms with Crippen molar-refractivity contribution in [3.8, 4) is 0 Å². The molecule has 2 amide bonds. The molecule has 1 aliphatic heterocycles. The quantitative estimate of drug-likeness (QED) is 0.878. The molecule has 0 aromatic heterocycles. The average molecular weight is 331 g/mol. The Kier molecular flexibility index (Phi) is 5.48. The molecule has 1 saturated heterocycles. The number of carbonyl (C=O) groups is 2. The standard InChI is InChI=1S/C18H25N3O3/c19-16-3-1-2-14(16)12-17(22)20-15-6-4-13(5-7-15)18(23)21-8-10-24-11-9-21/h4-7,14,16H,1-3,8-12,19H2,(H,20,22)/t14-,16+/m0/s1. The van der Waals surface area contributed by atoms with Crippen molar-refractivity contribution in [3.05, 3.63) is 29.8 Å². The van der Waals surface area contributed by atoms with Gasteiger partial charge in [0.25, 0.3) is 5.91 Å². The Morgan fingerprint density at radius 3 is 2.50 bits per heavy atom. The summed E-state index contributed by atoms with van der Waals surface area (Å²) < 4.78 is 5.26. The van der Waals surface area contributed by atoms with Gasteiger partial charge in [0.05, 0.1) is 13.2 Å². The number of ether oxygens (including phenoxy) is 1. The second kappa shape index (κ2) is 7.77. The van der Waals surface area contributed by atoms with E-state index in [0.29, 0.717) is 44.0 Å². The molecule has 3 N–H and O–H groups in total. The van der Waals surface area contributed by atoms with Gasteiger partial charge in [0.1, 0.15) is 0 Å². The zero-order valence-corrected chi connectivity index (χ0v) is 13.9. The maximum absolute atomic E-state index is 12.4. The molecule has 1 aromatic carbocycles. The van der Waals surface area contributed by atoms with E-state index in [1.165, 1.54) is 0 Å². The van der Waals surface area contributed by atoms with Gasteiger partial charge in [-0.15, -0.1) is 0 Å². The maximum atomic E-state index is 12.4. The van der Waals surface area contributed by atoms with Crippen LogP contribution in [0, 0.1) is 5.92 Å². The Labute approximate surface area is 142 Å². The summed E-state index contributed by atoms with van der Waals surface area (Å²) in [5.74, 6) is 0.282. The molecule has 6 heteroatoms. The van der Waals surface area contributed by atoms with Crippen LogP contribution in [-0.4, -0.2) is 49.1 Å². The Bertz CT molecular complexity index is 582. The molecule has 2 atom stereocenters. The van der Waals surface area contributed by atoms with Crippen molar-refractivity contribution >= 4 is 17.5 Å². The van der Waals surface area contributed by atoms with Crippen molar-refractivity contribution in [2.45, 2.75) is 31.7 Å². The highest BCUT2D eigenvalue weighted by molar-refractivity contribution is 5.96. The van der Waals surface area contributed by atoms with Gasteiger partial charge in [0, 0.05) is 36.8 Å². The molecule has 1 saturated carbocycles. The number of anilines is 1. The van der Waals surface area contributed by atoms with Gasteiger partial charge in [-0.3, -0.25) is 9.59 Å². The number of benzene rings is 1. The minimum atomic E-state index is -0.00962. The second-order valence-electron chi connectivity index (χ2n) is 6.59. The molecule has 2 fully saturated rings. The lowest BCUT2D eigenvalue weighted by molar-refractivity contribution is -0.117. The van der Waals surface area contributed by atoms with Crippen LogP contribution in [0.2, 0.25) is 0 Å². The van der Waals surface area contributed by atoms with Gasteiger partial charge in [-0.1, -0.05) is 6.42 Å². The minimum absolute atomic E-state index is 0.00751. The van der Waals surface area contributed by atoms with E-state index < -0.39 is 0 Å². The zero-order valence-electron chi connectivity index (χ0n) is 13.9. The first-order valence-electron chi connectivity index (χ1n) is 8.66. The van der Waals surface area contributed by atoms with Gasteiger partial charge in [-0.2, -0.15) is 0 Å². The number of hydrogen-bond donors (Lipinski definition) is 2. The summed E-state index contributed by atoms with van der Waals surface area (Å²) in [6, 6.07) is 7.22. The Morgan fingerprint density at radius 1 is 1.17 bits per heavy atom. The van der Waals surface area contributed by atoms with Crippen molar-refractivity contribution < 1.29 is 14.3 Å². The average Bonchev–Trinajstić information content (AvgIpc) is 3.00. The molecule has 0 radical (unpaired) electrons. The van der Waals surface area contributed by atoms with E-state index in [1.54, 1.807) is 29.2 Å². The Hall–Kier alpha value is -1.92. The SMILES string of the molecule is N[C@@H]1CCC[C@H]1CC(=O)Nc1ccc(C(=O)N2CCOCC2)cc1. The fourth-order valence-electron chi connectivity index (χ4n) is 3.41. The minimum Gasteiger partial charge on any atom is -0.378 e. The highest BCUT2D eigenvalue weighted by Gasteiger charge is 2.26. The summed E-state index contributed by atoms with van der Waals surface area (Å²) in [5, 5.41) is 2.90. The molecule has 1 aliphatic carbocycles. The molecule has 0 spiro atoms. The van der Waals surface area contributed by atoms with Crippen LogP contribution in [0.4, 0.5) is 5.69 Å². The molecule has 6 nitrogen and oxygen atoms in total. The molecule has 0 bridgehead atoms. The third kappa shape index (κ3) is 4.13. The van der Waals surface area contributed by atoms with Gasteiger partial charge in [0.15, 0.2) is 0 Å². The van der Waals surface area contributed by atoms with Crippen LogP contribution < -0.4 is 11.1 Å². The number of hydrogen-bond acceptors (Lipinski definition) is 4. The van der Waals surface area contributed by atoms with E-state index in [2.05, 4.69) is 5.32 Å². The van der Waals surface area contributed by atoms with E-state index in [4.69, 9.17) is 10.5 Å². The molecule has 130 valence electrons. The van der Waals surface area contributed by atoms with Crippen LogP contribution in [-0.2, 0) is 9.53 Å². The number of morpholine rings is 1. The Morgan fingerprint density at radius 2 is 1.88 bits per heavy atom. The lowest BCUT2D eigenvalue weighted by Gasteiger charge is -2.26. The monoisotopic (exact) mass is 331 g/mol. The smallest absolute Gasteiger partial charge is 0.254 e. The first-order chi connectivity index (χ1) is 11.6. The number of amides is 2. The molecule has 1 heterocycles. The maximum Gasteiger partial charge on any atom is 0.254 e. The van der Waals surface area contributed by atoms with Crippen molar-refractivity contribution in [2.24, 2.45) is 11.7 Å². The predicted molar refractivity (Wildman–Crippen MR) is 91.7 cm³/mol. The van der Waals surface area contributed by atoms with Crippen LogP contribution in [0.1, 0.15) is 36.0 Å². The zero-order chi connectivity index (χ0) is 16.9. The number of carbonyl (C=O) groups excluding carboxylic acids is 2. The number of rotatable bonds is 4. The van der Waals surface area contributed by atoms with Crippen LogP contribution in [0.5, 0.6) is 0 Å². The summed E-state index contributed by atoms with van der Waals surface area (Å²) in [7, 11) is 0. The topological polar surface area (TPSA) is 84.7 Å². The fraction of sp³-hybridized carbons (Fsp3) is 0.556. The van der Waals surface area contributed by atoms with Crippen molar-refractivity contribution in [2.75, 3.05) is 31.6 Å². The summed E-state index contributed by atoms with van der Waals surface area (Å²) >= 11 is 0. The second-order valence-corrected chi connectivity index (χ2v) is 6.59. The van der Waals surface area contributed by atoms with Gasteiger partial charge >= 0.3 is 0 Å². The third-order valence-electron chi connectivity index (χ3n) is 4.88. The third-order valence-corrected chi connectivity index (χ3v) is 4.88. The van der Waals surface area contributed by atoms with E-state index in [-0.39, 0.29) is 23.8 Å². The largest absolute Gasteiger partial charge is 0.378 e. The van der Waals surface area contributed by atoms with Crippen molar-refractivity contribution in [3.63, 3.8) is 0 Å². The van der Waals surface area contributed by atoms with E-state index in [9.17, 15) is 9.59 Å². The van der Waals surface area contributed by atoms with E-state index in [0.717, 1.165) is 19.3 Å². The first-order valence-corrected chi connectivity index (χ1v) is 8.66. The highest BCUT2D eigenvalue weighted by atomic mass is 16.5. The summed E-state index contributed by atoms with van der Waals surface area (Å²) in [4.78, 5) is 26.3. The van der Waals surface area contributed by atoms with Gasteiger partial charge in [0.2, 0.25) is 5.91 Å². The summed E-state index contributed by atoms with van der Waals surface area (Å²) in [6.45, 7) is 2.42. The normalized spacial score (nSPS) is 24.0. The van der Waals surface area contributed by atoms with E-state index in [1.807, 2.05) is 0 Å². The fourth-order valence-corrected chi connectivity index (χ4v) is 3.41. The number of nitrogens with zero attached hydrogens (tertiary/aromatic N) is 1. The van der Waals surface area contributed by atoms with Crippen LogP contribution in [0.3, 0.4) is 0 Å². The molecule has 0 unspecified atom stereocenters. The van der Waals surface area contributed by atoms with Crippen molar-refractivity contribution in [1.29, 1.82) is 0 Å². The van der Waals surface area contributed by atoms with Gasteiger partial charge < -0.3 is 20.7 Å². The number of nitrogens with two attached hydrogens (primary N) is 1. The van der Waals surface area contributed by atoms with Crippen molar-refractivity contribution in [1.82, 2.24) is 4.90 Å². The van der Waals surface area contributed by atoms with Crippen LogP contribution in [0.25, 0.3) is 0 Å². The lowest BCUT2D eigenvalue weighted by Crippen LogP contribution is -2.40. The predicted octanol–water partition coefficient (Wildman–Crippen LogP) is 1.61. The van der Waals surface area contributed by atoms with E-state index >= 15 is 0 Å². The van der Waals surface area contributed by atoms with Crippen LogP contribution >= 0.6 is 0 Å². The first kappa shape index (κ1) is 16.9. The van der Waals surface area contributed by atoms with Gasteiger partial charge in [-0.05, 0) is 43.0 Å². The molecule has 24 heavy (non-hydrogen) atoms. The molecular formula is C18H25N3O3. The molecular weight excluding hydrogens is 306 g/mol.